The Morgan fingerprint density at radius 1 is 0.867 bits per heavy atom. The molecule has 0 radical (unpaired) electrons. The second-order valence-corrected chi connectivity index (χ2v) is 6.19. The van der Waals surface area contributed by atoms with Crippen molar-refractivity contribution in [3.63, 3.8) is 0 Å². The van der Waals surface area contributed by atoms with E-state index in [0.717, 1.165) is 11.8 Å². The molecule has 0 atom stereocenters. The zero-order chi connectivity index (χ0) is 10.5. The Kier molecular flexibility index (Phi) is 4.96. The van der Waals surface area contributed by atoms with Gasteiger partial charge in [0.15, 0.2) is 0 Å². The highest BCUT2D eigenvalue weighted by Crippen LogP contribution is 2.33. The summed E-state index contributed by atoms with van der Waals surface area (Å²) in [7, 11) is 0. The second-order valence-electron chi connectivity index (χ2n) is 5.40. The third kappa shape index (κ3) is 5.35. The van der Waals surface area contributed by atoms with Crippen LogP contribution in [0.15, 0.2) is 0 Å². The summed E-state index contributed by atoms with van der Waals surface area (Å²) in [6.07, 6.45) is 10.2. The Morgan fingerprint density at radius 3 is 1.93 bits per heavy atom. The molecule has 0 aliphatic heterocycles. The van der Waals surface area contributed by atoms with Gasteiger partial charge in [0.1, 0.15) is 0 Å². The van der Waals surface area contributed by atoms with Gasteiger partial charge in [-0.2, -0.15) is 0 Å². The third-order valence-corrected chi connectivity index (χ3v) is 4.10. The van der Waals surface area contributed by atoms with Gasteiger partial charge in [0.25, 0.3) is 0 Å². The number of alkyl halides is 1. The molecule has 2 aliphatic rings. The van der Waals surface area contributed by atoms with Crippen LogP contribution in [-0.4, -0.2) is 29.9 Å². The van der Waals surface area contributed by atoms with E-state index in [9.17, 15) is 0 Å². The van der Waals surface area contributed by atoms with Crippen LogP contribution in [0.2, 0.25) is 0 Å². The van der Waals surface area contributed by atoms with Gasteiger partial charge in [-0.1, -0.05) is 22.4 Å². The summed E-state index contributed by atoms with van der Waals surface area (Å²) in [6.45, 7) is 4.18. The summed E-state index contributed by atoms with van der Waals surface area (Å²) in [6, 6.07) is 0. The van der Waals surface area contributed by atoms with Crippen LogP contribution in [-0.2, 0) is 0 Å². The molecule has 0 unspecified atom stereocenters. The van der Waals surface area contributed by atoms with Gasteiger partial charge in [0.05, 0.1) is 0 Å². The first-order valence-corrected chi connectivity index (χ1v) is 7.79. The van der Waals surface area contributed by atoms with E-state index < -0.39 is 0 Å². The summed E-state index contributed by atoms with van der Waals surface area (Å²) >= 11 is 3.50. The van der Waals surface area contributed by atoms with Crippen molar-refractivity contribution in [3.8, 4) is 0 Å². The van der Waals surface area contributed by atoms with E-state index in [1.54, 1.807) is 0 Å². The lowest BCUT2D eigenvalue weighted by atomic mass is 10.2. The molecule has 0 spiro atoms. The van der Waals surface area contributed by atoms with Crippen molar-refractivity contribution in [2.24, 2.45) is 11.8 Å². The minimum Gasteiger partial charge on any atom is -0.303 e. The van der Waals surface area contributed by atoms with Crippen molar-refractivity contribution in [2.75, 3.05) is 25.0 Å². The SMILES string of the molecule is BrCCCCCN(CC1CC1)CC1CC1. The molecule has 2 saturated carbocycles. The minimum absolute atomic E-state index is 1.07. The van der Waals surface area contributed by atoms with Crippen LogP contribution in [0, 0.1) is 11.8 Å². The predicted molar refractivity (Wildman–Crippen MR) is 69.5 cm³/mol. The van der Waals surface area contributed by atoms with Crippen LogP contribution < -0.4 is 0 Å². The monoisotopic (exact) mass is 273 g/mol. The van der Waals surface area contributed by atoms with E-state index in [1.165, 1.54) is 69.9 Å². The summed E-state index contributed by atoms with van der Waals surface area (Å²) in [4.78, 5) is 2.75. The zero-order valence-electron chi connectivity index (χ0n) is 9.76. The molecule has 1 nitrogen and oxygen atoms in total. The molecule has 0 aromatic carbocycles. The van der Waals surface area contributed by atoms with Crippen molar-refractivity contribution in [2.45, 2.75) is 44.9 Å². The largest absolute Gasteiger partial charge is 0.303 e. The highest BCUT2D eigenvalue weighted by atomic mass is 79.9. The van der Waals surface area contributed by atoms with E-state index in [0.29, 0.717) is 0 Å². The first-order valence-electron chi connectivity index (χ1n) is 6.67. The molecule has 2 heteroatoms. The minimum atomic E-state index is 1.07. The number of hydrogen-bond acceptors (Lipinski definition) is 1. The number of halogens is 1. The summed E-state index contributed by atoms with van der Waals surface area (Å²) in [5, 5.41) is 1.18. The van der Waals surface area contributed by atoms with Crippen molar-refractivity contribution < 1.29 is 0 Å². The molecular weight excluding hydrogens is 250 g/mol. The predicted octanol–water partition coefficient (Wildman–Crippen LogP) is 3.67. The van der Waals surface area contributed by atoms with Gasteiger partial charge in [-0.05, 0) is 56.9 Å². The topological polar surface area (TPSA) is 3.24 Å². The van der Waals surface area contributed by atoms with E-state index >= 15 is 0 Å². The summed E-state index contributed by atoms with van der Waals surface area (Å²) in [5.41, 5.74) is 0. The van der Waals surface area contributed by atoms with Gasteiger partial charge in [-0.3, -0.25) is 0 Å². The van der Waals surface area contributed by atoms with Crippen molar-refractivity contribution >= 4 is 15.9 Å². The fraction of sp³-hybridized carbons (Fsp3) is 1.00. The fourth-order valence-electron chi connectivity index (χ4n) is 2.19. The lowest BCUT2D eigenvalue weighted by Gasteiger charge is -2.21. The smallest absolute Gasteiger partial charge is 0.00313 e. The lowest BCUT2D eigenvalue weighted by Crippen LogP contribution is -2.29. The maximum atomic E-state index is 3.50. The van der Waals surface area contributed by atoms with Crippen LogP contribution in [0.3, 0.4) is 0 Å². The maximum absolute atomic E-state index is 3.50. The molecule has 0 saturated heterocycles. The van der Waals surface area contributed by atoms with Gasteiger partial charge in [0, 0.05) is 18.4 Å². The molecule has 2 rings (SSSR count). The van der Waals surface area contributed by atoms with Gasteiger partial charge in [-0.15, -0.1) is 0 Å². The number of nitrogens with zero attached hydrogens (tertiary/aromatic N) is 1. The lowest BCUT2D eigenvalue weighted by molar-refractivity contribution is 0.247. The normalized spacial score (nSPS) is 21.2. The molecule has 0 amide bonds. The van der Waals surface area contributed by atoms with Gasteiger partial charge < -0.3 is 4.90 Å². The fourth-order valence-corrected chi connectivity index (χ4v) is 2.59. The van der Waals surface area contributed by atoms with Crippen molar-refractivity contribution in [1.82, 2.24) is 4.90 Å². The first-order chi connectivity index (χ1) is 7.38. The first kappa shape index (κ1) is 11.9. The average molecular weight is 274 g/mol. The molecule has 0 aromatic rings. The molecule has 88 valence electrons. The van der Waals surface area contributed by atoms with Crippen molar-refractivity contribution in [3.05, 3.63) is 0 Å². The number of hydrogen-bond donors (Lipinski definition) is 0. The van der Waals surface area contributed by atoms with Crippen LogP contribution in [0.1, 0.15) is 44.9 Å². The van der Waals surface area contributed by atoms with E-state index in [1.807, 2.05) is 0 Å². The van der Waals surface area contributed by atoms with Crippen LogP contribution in [0.25, 0.3) is 0 Å². The third-order valence-electron chi connectivity index (χ3n) is 3.53. The van der Waals surface area contributed by atoms with Crippen LogP contribution in [0.5, 0.6) is 0 Å². The number of rotatable bonds is 9. The summed E-state index contributed by atoms with van der Waals surface area (Å²) < 4.78 is 0. The van der Waals surface area contributed by atoms with Gasteiger partial charge >= 0.3 is 0 Å². The van der Waals surface area contributed by atoms with E-state index in [-0.39, 0.29) is 0 Å². The molecule has 0 N–H and O–H groups in total. The Bertz CT molecular complexity index is 161. The Balaban J connectivity index is 1.57. The summed E-state index contributed by atoms with van der Waals surface area (Å²) in [5.74, 6) is 2.14. The quantitative estimate of drug-likeness (QED) is 0.458. The highest BCUT2D eigenvalue weighted by Gasteiger charge is 2.28. The Morgan fingerprint density at radius 2 is 1.47 bits per heavy atom. The van der Waals surface area contributed by atoms with Crippen molar-refractivity contribution in [1.29, 1.82) is 0 Å². The Labute approximate surface area is 103 Å². The molecule has 15 heavy (non-hydrogen) atoms. The molecule has 0 aromatic heterocycles. The molecule has 0 bridgehead atoms. The van der Waals surface area contributed by atoms with E-state index in [4.69, 9.17) is 0 Å². The van der Waals surface area contributed by atoms with Crippen LogP contribution in [0.4, 0.5) is 0 Å². The zero-order valence-corrected chi connectivity index (χ0v) is 11.3. The standard InChI is InChI=1S/C13H24BrN/c14-8-2-1-3-9-15(10-12-4-5-12)11-13-6-7-13/h12-13H,1-11H2. The highest BCUT2D eigenvalue weighted by molar-refractivity contribution is 9.09. The Hall–Kier alpha value is 0.440. The molecule has 2 fully saturated rings. The van der Waals surface area contributed by atoms with E-state index in [2.05, 4.69) is 20.8 Å². The molecule has 2 aliphatic carbocycles. The van der Waals surface area contributed by atoms with Crippen LogP contribution >= 0.6 is 15.9 Å². The maximum Gasteiger partial charge on any atom is 0.00313 e. The second kappa shape index (κ2) is 6.24. The molecular formula is C13H24BrN. The van der Waals surface area contributed by atoms with Gasteiger partial charge in [0.2, 0.25) is 0 Å². The number of unbranched alkanes of at least 4 members (excludes halogenated alkanes) is 2. The van der Waals surface area contributed by atoms with Gasteiger partial charge in [-0.25, -0.2) is 0 Å². The molecule has 0 heterocycles. The average Bonchev–Trinajstić information content (AvgIpc) is 3.07.